The second-order valence-corrected chi connectivity index (χ2v) is 12.4. The van der Waals surface area contributed by atoms with Crippen molar-refractivity contribution in [1.82, 2.24) is 4.31 Å². The van der Waals surface area contributed by atoms with Crippen LogP contribution in [0.4, 0.5) is 5.69 Å². The Bertz CT molecular complexity index is 1060. The zero-order chi connectivity index (χ0) is 19.2. The van der Waals surface area contributed by atoms with Gasteiger partial charge in [0.05, 0.1) is 20.7 Å². The van der Waals surface area contributed by atoms with Crippen LogP contribution in [-0.2, 0) is 33.0 Å². The number of halogens is 1. The molecule has 0 unspecified atom stereocenters. The molecule has 1 aromatic heterocycles. The molecule has 0 N–H and O–H groups in total. The molecule has 0 saturated carbocycles. The Labute approximate surface area is 168 Å². The summed E-state index contributed by atoms with van der Waals surface area (Å²) in [4.78, 5) is 1.31. The van der Waals surface area contributed by atoms with Crippen molar-refractivity contribution in [2.45, 2.75) is 30.7 Å². The van der Waals surface area contributed by atoms with Crippen LogP contribution in [0.2, 0.25) is 4.34 Å². The highest BCUT2D eigenvalue weighted by atomic mass is 35.5. The van der Waals surface area contributed by atoms with Gasteiger partial charge in [0.25, 0.3) is 0 Å². The van der Waals surface area contributed by atoms with E-state index < -0.39 is 20.0 Å². The summed E-state index contributed by atoms with van der Waals surface area (Å²) in [7, 11) is -6.96. The van der Waals surface area contributed by atoms with Crippen LogP contribution < -0.4 is 4.31 Å². The SMILES string of the molecule is O=S1(=O)CCCCN1c1ccc(S(=O)(=O)N2CCc3sc(Cl)cc3C2)cc1. The summed E-state index contributed by atoms with van der Waals surface area (Å²) >= 11 is 7.54. The molecular formula is C17H19ClN2O4S3. The first-order valence-corrected chi connectivity index (χ1v) is 12.9. The number of rotatable bonds is 3. The first kappa shape index (κ1) is 19.2. The number of hydrogen-bond donors (Lipinski definition) is 0. The van der Waals surface area contributed by atoms with Gasteiger partial charge >= 0.3 is 0 Å². The second-order valence-electron chi connectivity index (χ2n) is 6.68. The van der Waals surface area contributed by atoms with Gasteiger partial charge in [0.1, 0.15) is 0 Å². The molecule has 2 aliphatic heterocycles. The van der Waals surface area contributed by atoms with Crippen LogP contribution in [0, 0.1) is 0 Å². The van der Waals surface area contributed by atoms with E-state index in [9.17, 15) is 16.8 Å². The van der Waals surface area contributed by atoms with Crippen LogP contribution in [0.25, 0.3) is 0 Å². The van der Waals surface area contributed by atoms with E-state index >= 15 is 0 Å². The minimum absolute atomic E-state index is 0.131. The minimum atomic E-state index is -3.64. The molecule has 3 heterocycles. The molecule has 0 radical (unpaired) electrons. The van der Waals surface area contributed by atoms with Gasteiger partial charge < -0.3 is 0 Å². The van der Waals surface area contributed by atoms with Crippen molar-refractivity contribution in [2.24, 2.45) is 0 Å². The van der Waals surface area contributed by atoms with Gasteiger partial charge in [-0.3, -0.25) is 4.31 Å². The lowest BCUT2D eigenvalue weighted by atomic mass is 10.1. The van der Waals surface area contributed by atoms with Gasteiger partial charge in [0.15, 0.2) is 0 Å². The van der Waals surface area contributed by atoms with E-state index in [0.717, 1.165) is 16.9 Å². The summed E-state index contributed by atoms with van der Waals surface area (Å²) in [6.07, 6.45) is 2.11. The summed E-state index contributed by atoms with van der Waals surface area (Å²) in [5.41, 5.74) is 1.47. The van der Waals surface area contributed by atoms with Crippen LogP contribution >= 0.6 is 22.9 Å². The lowest BCUT2D eigenvalue weighted by Gasteiger charge is -2.29. The molecule has 0 spiro atoms. The number of thiophene rings is 1. The average molecular weight is 447 g/mol. The molecule has 0 aliphatic carbocycles. The Hall–Kier alpha value is -1.13. The molecule has 27 heavy (non-hydrogen) atoms. The van der Waals surface area contributed by atoms with Crippen molar-refractivity contribution in [3.05, 3.63) is 45.1 Å². The Morgan fingerprint density at radius 2 is 1.81 bits per heavy atom. The first-order valence-electron chi connectivity index (χ1n) is 8.65. The number of sulfonamides is 2. The summed E-state index contributed by atoms with van der Waals surface area (Å²) in [6, 6.07) is 7.96. The van der Waals surface area contributed by atoms with E-state index in [1.165, 1.54) is 32.1 Å². The maximum Gasteiger partial charge on any atom is 0.243 e. The van der Waals surface area contributed by atoms with Crippen molar-refractivity contribution in [2.75, 3.05) is 23.1 Å². The topological polar surface area (TPSA) is 74.8 Å². The van der Waals surface area contributed by atoms with E-state index in [-0.39, 0.29) is 10.6 Å². The van der Waals surface area contributed by atoms with Crippen molar-refractivity contribution < 1.29 is 16.8 Å². The van der Waals surface area contributed by atoms with Gasteiger partial charge in [-0.1, -0.05) is 11.6 Å². The third kappa shape index (κ3) is 3.63. The fourth-order valence-electron chi connectivity index (χ4n) is 3.49. The monoisotopic (exact) mass is 446 g/mol. The van der Waals surface area contributed by atoms with Gasteiger partial charge in [-0.25, -0.2) is 16.8 Å². The molecule has 2 aliphatic rings. The predicted octanol–water partition coefficient (Wildman–Crippen LogP) is 3.08. The quantitative estimate of drug-likeness (QED) is 0.726. The smallest absolute Gasteiger partial charge is 0.243 e. The van der Waals surface area contributed by atoms with Crippen molar-refractivity contribution in [3.63, 3.8) is 0 Å². The Balaban J connectivity index is 1.58. The largest absolute Gasteiger partial charge is 0.270 e. The molecule has 6 nitrogen and oxygen atoms in total. The molecular weight excluding hydrogens is 428 g/mol. The molecule has 1 saturated heterocycles. The maximum absolute atomic E-state index is 13.0. The normalized spacial score (nSPS) is 20.4. The van der Waals surface area contributed by atoms with Crippen LogP contribution in [0.5, 0.6) is 0 Å². The first-order chi connectivity index (χ1) is 12.8. The lowest BCUT2D eigenvalue weighted by molar-refractivity contribution is 0.394. The highest BCUT2D eigenvalue weighted by Gasteiger charge is 2.30. The molecule has 0 bridgehead atoms. The van der Waals surface area contributed by atoms with Crippen LogP contribution in [-0.4, -0.2) is 40.0 Å². The average Bonchev–Trinajstić information content (AvgIpc) is 3.00. The molecule has 4 rings (SSSR count). The predicted molar refractivity (Wildman–Crippen MR) is 107 cm³/mol. The van der Waals surface area contributed by atoms with Crippen molar-refractivity contribution >= 4 is 48.7 Å². The molecule has 1 aromatic carbocycles. The van der Waals surface area contributed by atoms with E-state index in [0.29, 0.717) is 42.5 Å². The highest BCUT2D eigenvalue weighted by Crippen LogP contribution is 2.33. The minimum Gasteiger partial charge on any atom is -0.270 e. The van der Waals surface area contributed by atoms with E-state index in [2.05, 4.69) is 0 Å². The summed E-state index contributed by atoms with van der Waals surface area (Å²) in [6.45, 7) is 1.15. The van der Waals surface area contributed by atoms with E-state index in [4.69, 9.17) is 11.6 Å². The van der Waals surface area contributed by atoms with Crippen LogP contribution in [0.3, 0.4) is 0 Å². The molecule has 0 atom stereocenters. The Morgan fingerprint density at radius 3 is 2.52 bits per heavy atom. The maximum atomic E-state index is 13.0. The second kappa shape index (κ2) is 7.04. The van der Waals surface area contributed by atoms with Gasteiger partial charge in [0.2, 0.25) is 20.0 Å². The lowest BCUT2D eigenvalue weighted by Crippen LogP contribution is -2.38. The molecule has 146 valence electrons. The molecule has 10 heteroatoms. The number of fused-ring (bicyclic) bond motifs is 1. The fraction of sp³-hybridized carbons (Fsp3) is 0.412. The van der Waals surface area contributed by atoms with Gasteiger partial charge in [-0.05, 0) is 55.2 Å². The third-order valence-electron chi connectivity index (χ3n) is 4.91. The standard InChI is InChI=1S/C17H19ClN2O4S3/c18-17-11-13-12-19(9-7-16(13)25-17)27(23,24)15-5-3-14(4-6-15)20-8-1-2-10-26(20,21)22/h3-6,11H,1-2,7-10,12H2. The number of benzene rings is 1. The van der Waals surface area contributed by atoms with E-state index in [1.54, 1.807) is 12.1 Å². The zero-order valence-corrected chi connectivity index (χ0v) is 17.7. The summed E-state index contributed by atoms with van der Waals surface area (Å²) < 4.78 is 53.9. The summed E-state index contributed by atoms with van der Waals surface area (Å²) in [5.74, 6) is 0.131. The number of nitrogens with zero attached hydrogens (tertiary/aromatic N) is 2. The molecule has 0 amide bonds. The van der Waals surface area contributed by atoms with Crippen LogP contribution in [0.15, 0.2) is 35.2 Å². The van der Waals surface area contributed by atoms with E-state index in [1.807, 2.05) is 6.07 Å². The zero-order valence-electron chi connectivity index (χ0n) is 14.5. The van der Waals surface area contributed by atoms with Gasteiger partial charge in [0, 0.05) is 24.5 Å². The van der Waals surface area contributed by atoms with Crippen LogP contribution in [0.1, 0.15) is 23.3 Å². The van der Waals surface area contributed by atoms with Crippen molar-refractivity contribution in [3.8, 4) is 0 Å². The molecule has 2 aromatic rings. The highest BCUT2D eigenvalue weighted by molar-refractivity contribution is 7.92. The number of hydrogen-bond acceptors (Lipinski definition) is 5. The Morgan fingerprint density at radius 1 is 1.07 bits per heavy atom. The summed E-state index contributed by atoms with van der Waals surface area (Å²) in [5, 5.41) is 0. The van der Waals surface area contributed by atoms with Crippen molar-refractivity contribution in [1.29, 1.82) is 0 Å². The third-order valence-corrected chi connectivity index (χ3v) is 10.0. The van der Waals surface area contributed by atoms with Gasteiger partial charge in [-0.2, -0.15) is 4.31 Å². The van der Waals surface area contributed by atoms with Gasteiger partial charge in [-0.15, -0.1) is 11.3 Å². The molecule has 1 fully saturated rings. The Kier molecular flexibility index (Phi) is 5.00. The number of anilines is 1. The fourth-order valence-corrected chi connectivity index (χ4v) is 7.84.